The first kappa shape index (κ1) is 23.7. The molecule has 0 saturated heterocycles. The van der Waals surface area contributed by atoms with Crippen LogP contribution in [0.3, 0.4) is 0 Å². The minimum Gasteiger partial charge on any atom is -0.310 e. The molecule has 1 N–H and O–H groups in total. The molecule has 0 spiro atoms. The molecule has 0 aliphatic rings. The predicted octanol–water partition coefficient (Wildman–Crippen LogP) is 4.55. The standard InChI is InChI=1S/C25H29N7OS/c1-17-7-6-8-21(18(17)2)32-24(28-29-30-32)34-16-23(33)27-22-13-14-26-31(22)15-19-9-11-20(12-10-19)25(3,4)5/h6-14H,15-16H2,1-5H3,(H,27,33). The summed E-state index contributed by atoms with van der Waals surface area (Å²) in [4.78, 5) is 12.7. The fourth-order valence-electron chi connectivity index (χ4n) is 3.54. The van der Waals surface area contributed by atoms with Gasteiger partial charge in [-0.3, -0.25) is 4.79 Å². The molecule has 1 amide bonds. The minimum absolute atomic E-state index is 0.110. The molecule has 2 heterocycles. The summed E-state index contributed by atoms with van der Waals surface area (Å²) in [6, 6.07) is 16.3. The summed E-state index contributed by atoms with van der Waals surface area (Å²) < 4.78 is 3.46. The van der Waals surface area contributed by atoms with Gasteiger partial charge >= 0.3 is 0 Å². The Morgan fingerprint density at radius 2 is 1.82 bits per heavy atom. The summed E-state index contributed by atoms with van der Waals surface area (Å²) in [5, 5.41) is 19.9. The summed E-state index contributed by atoms with van der Waals surface area (Å²) in [7, 11) is 0. The van der Waals surface area contributed by atoms with E-state index in [-0.39, 0.29) is 17.1 Å². The summed E-state index contributed by atoms with van der Waals surface area (Å²) in [6.45, 7) is 11.2. The molecule has 4 aromatic rings. The number of aromatic nitrogens is 6. The van der Waals surface area contributed by atoms with Crippen LogP contribution in [0.25, 0.3) is 5.69 Å². The molecular weight excluding hydrogens is 446 g/mol. The first-order chi connectivity index (χ1) is 16.2. The number of anilines is 1. The first-order valence-corrected chi connectivity index (χ1v) is 12.1. The number of nitrogens with one attached hydrogen (secondary N) is 1. The lowest BCUT2D eigenvalue weighted by Crippen LogP contribution is -2.18. The molecule has 0 unspecified atom stereocenters. The zero-order valence-corrected chi connectivity index (χ0v) is 20.9. The molecule has 2 aromatic heterocycles. The van der Waals surface area contributed by atoms with E-state index in [0.29, 0.717) is 17.5 Å². The molecule has 8 nitrogen and oxygen atoms in total. The van der Waals surface area contributed by atoms with E-state index in [0.717, 1.165) is 22.4 Å². The van der Waals surface area contributed by atoms with Crippen molar-refractivity contribution in [1.29, 1.82) is 0 Å². The zero-order chi connectivity index (χ0) is 24.3. The van der Waals surface area contributed by atoms with Crippen LogP contribution in [0.1, 0.15) is 43.0 Å². The molecule has 34 heavy (non-hydrogen) atoms. The van der Waals surface area contributed by atoms with E-state index in [1.54, 1.807) is 21.6 Å². The third-order valence-corrected chi connectivity index (χ3v) is 6.63. The van der Waals surface area contributed by atoms with Crippen LogP contribution in [0.5, 0.6) is 0 Å². The van der Waals surface area contributed by atoms with Crippen LogP contribution >= 0.6 is 11.8 Å². The van der Waals surface area contributed by atoms with Crippen LogP contribution in [-0.4, -0.2) is 41.6 Å². The molecule has 0 saturated carbocycles. The fourth-order valence-corrected chi connectivity index (χ4v) is 4.23. The monoisotopic (exact) mass is 475 g/mol. The molecule has 0 atom stereocenters. The predicted molar refractivity (Wildman–Crippen MR) is 134 cm³/mol. The smallest absolute Gasteiger partial charge is 0.235 e. The average molecular weight is 476 g/mol. The summed E-state index contributed by atoms with van der Waals surface area (Å²) in [5.74, 6) is 0.682. The van der Waals surface area contributed by atoms with Gasteiger partial charge in [0, 0.05) is 6.07 Å². The Balaban J connectivity index is 1.39. The van der Waals surface area contributed by atoms with Gasteiger partial charge in [-0.25, -0.2) is 4.68 Å². The van der Waals surface area contributed by atoms with Gasteiger partial charge in [0.25, 0.3) is 0 Å². The Hall–Kier alpha value is -3.46. The molecule has 0 aliphatic carbocycles. The number of rotatable bonds is 7. The Kier molecular flexibility index (Phi) is 6.83. The third-order valence-electron chi connectivity index (χ3n) is 5.71. The topological polar surface area (TPSA) is 90.5 Å². The van der Waals surface area contributed by atoms with Gasteiger partial charge in [0.15, 0.2) is 0 Å². The van der Waals surface area contributed by atoms with Crippen LogP contribution in [0.2, 0.25) is 0 Å². The molecule has 0 fully saturated rings. The summed E-state index contributed by atoms with van der Waals surface area (Å²) in [5.41, 5.74) is 5.67. The van der Waals surface area contributed by atoms with Crippen LogP contribution < -0.4 is 5.32 Å². The number of carbonyl (C=O) groups is 1. The van der Waals surface area contributed by atoms with Crippen molar-refractivity contribution in [1.82, 2.24) is 30.0 Å². The van der Waals surface area contributed by atoms with Crippen molar-refractivity contribution in [2.45, 2.75) is 51.7 Å². The van der Waals surface area contributed by atoms with Crippen molar-refractivity contribution in [2.75, 3.05) is 11.1 Å². The summed E-state index contributed by atoms with van der Waals surface area (Å²) >= 11 is 1.29. The van der Waals surface area contributed by atoms with E-state index in [1.807, 2.05) is 32.0 Å². The van der Waals surface area contributed by atoms with Crippen LogP contribution in [0.15, 0.2) is 59.9 Å². The van der Waals surface area contributed by atoms with E-state index < -0.39 is 0 Å². The van der Waals surface area contributed by atoms with Gasteiger partial charge in [0.1, 0.15) is 5.82 Å². The van der Waals surface area contributed by atoms with Gasteiger partial charge in [0.2, 0.25) is 11.1 Å². The van der Waals surface area contributed by atoms with E-state index in [4.69, 9.17) is 0 Å². The highest BCUT2D eigenvalue weighted by Crippen LogP contribution is 2.24. The van der Waals surface area contributed by atoms with Crippen molar-refractivity contribution < 1.29 is 4.79 Å². The molecule has 176 valence electrons. The molecular formula is C25H29N7OS. The lowest BCUT2D eigenvalue weighted by Gasteiger charge is -2.19. The number of amides is 1. The Bertz CT molecular complexity index is 1290. The third kappa shape index (κ3) is 5.36. The summed E-state index contributed by atoms with van der Waals surface area (Å²) in [6.07, 6.45) is 1.69. The molecule has 0 aliphatic heterocycles. The van der Waals surface area contributed by atoms with Crippen molar-refractivity contribution >= 4 is 23.5 Å². The molecule has 0 radical (unpaired) electrons. The number of nitrogens with zero attached hydrogens (tertiary/aromatic N) is 6. The van der Waals surface area contributed by atoms with Gasteiger partial charge in [-0.05, 0) is 58.0 Å². The quantitative estimate of drug-likeness (QED) is 0.394. The maximum absolute atomic E-state index is 12.7. The lowest BCUT2D eigenvalue weighted by molar-refractivity contribution is -0.113. The largest absolute Gasteiger partial charge is 0.310 e. The number of hydrogen-bond acceptors (Lipinski definition) is 6. The number of aryl methyl sites for hydroxylation is 1. The van der Waals surface area contributed by atoms with Gasteiger partial charge in [-0.15, -0.1) is 5.10 Å². The Morgan fingerprint density at radius 1 is 1.06 bits per heavy atom. The number of thioether (sulfide) groups is 1. The second-order valence-corrected chi connectivity index (χ2v) is 10.2. The van der Waals surface area contributed by atoms with Gasteiger partial charge < -0.3 is 5.32 Å². The van der Waals surface area contributed by atoms with E-state index in [9.17, 15) is 4.79 Å². The normalized spacial score (nSPS) is 11.6. The second-order valence-electron chi connectivity index (χ2n) is 9.25. The lowest BCUT2D eigenvalue weighted by atomic mass is 9.87. The van der Waals surface area contributed by atoms with Gasteiger partial charge in [-0.1, -0.05) is 68.9 Å². The van der Waals surface area contributed by atoms with E-state index in [2.05, 4.69) is 71.0 Å². The molecule has 2 aromatic carbocycles. The van der Waals surface area contributed by atoms with Crippen LogP contribution in [-0.2, 0) is 16.8 Å². The van der Waals surface area contributed by atoms with Crippen LogP contribution in [0, 0.1) is 13.8 Å². The fraction of sp³-hybridized carbons (Fsp3) is 0.320. The molecule has 9 heteroatoms. The molecule has 4 rings (SSSR count). The maximum Gasteiger partial charge on any atom is 0.235 e. The maximum atomic E-state index is 12.7. The second kappa shape index (κ2) is 9.80. The van der Waals surface area contributed by atoms with Crippen molar-refractivity contribution in [3.63, 3.8) is 0 Å². The highest BCUT2D eigenvalue weighted by atomic mass is 32.2. The Labute approximate surface area is 203 Å². The molecule has 0 bridgehead atoms. The zero-order valence-electron chi connectivity index (χ0n) is 20.1. The van der Waals surface area contributed by atoms with Gasteiger partial charge in [0.05, 0.1) is 24.2 Å². The number of tetrazole rings is 1. The van der Waals surface area contributed by atoms with Crippen molar-refractivity contribution in [3.05, 3.63) is 77.0 Å². The van der Waals surface area contributed by atoms with Crippen molar-refractivity contribution in [3.8, 4) is 5.69 Å². The van der Waals surface area contributed by atoms with E-state index in [1.165, 1.54) is 17.3 Å². The minimum atomic E-state index is -0.148. The highest BCUT2D eigenvalue weighted by Gasteiger charge is 2.16. The average Bonchev–Trinajstić information content (AvgIpc) is 3.43. The first-order valence-electron chi connectivity index (χ1n) is 11.1. The number of carbonyl (C=O) groups excluding carboxylic acids is 1. The Morgan fingerprint density at radius 3 is 2.56 bits per heavy atom. The SMILES string of the molecule is Cc1cccc(-n2nnnc2SCC(=O)Nc2ccnn2Cc2ccc(C(C)(C)C)cc2)c1C. The van der Waals surface area contributed by atoms with Crippen LogP contribution in [0.4, 0.5) is 5.82 Å². The van der Waals surface area contributed by atoms with E-state index >= 15 is 0 Å². The number of benzene rings is 2. The number of hydrogen-bond donors (Lipinski definition) is 1. The van der Waals surface area contributed by atoms with Crippen molar-refractivity contribution in [2.24, 2.45) is 0 Å². The highest BCUT2D eigenvalue weighted by molar-refractivity contribution is 7.99. The van der Waals surface area contributed by atoms with Gasteiger partial charge in [-0.2, -0.15) is 9.78 Å².